The second-order valence-electron chi connectivity index (χ2n) is 9.03. The molecule has 0 aliphatic carbocycles. The van der Waals surface area contributed by atoms with Crippen molar-refractivity contribution in [2.24, 2.45) is 11.5 Å². The summed E-state index contributed by atoms with van der Waals surface area (Å²) in [5, 5.41) is 4.67. The third kappa shape index (κ3) is 6.07. The van der Waals surface area contributed by atoms with Gasteiger partial charge in [0.1, 0.15) is 23.9 Å². The van der Waals surface area contributed by atoms with Gasteiger partial charge in [-0.2, -0.15) is 0 Å². The number of hydrogen-bond acceptors (Lipinski definition) is 7. The number of aryl methyl sites for hydroxylation is 4. The minimum absolute atomic E-state index is 0.00287. The number of benzene rings is 2. The molecule has 36 heavy (non-hydrogen) atoms. The van der Waals surface area contributed by atoms with Crippen molar-refractivity contribution in [3.8, 4) is 16.9 Å². The molecule has 0 aliphatic heterocycles. The van der Waals surface area contributed by atoms with Gasteiger partial charge in [-0.3, -0.25) is 0 Å². The Morgan fingerprint density at radius 2 is 1.92 bits per heavy atom. The van der Waals surface area contributed by atoms with Gasteiger partial charge in [-0.15, -0.1) is 0 Å². The minimum Gasteiger partial charge on any atom is -0.490 e. The number of rotatable bonds is 12. The lowest BCUT2D eigenvalue weighted by Crippen LogP contribution is -2.23. The fourth-order valence-corrected chi connectivity index (χ4v) is 4.64. The fourth-order valence-electron chi connectivity index (χ4n) is 4.38. The predicted molar refractivity (Wildman–Crippen MR) is 143 cm³/mol. The number of aromatic nitrogens is 3. The summed E-state index contributed by atoms with van der Waals surface area (Å²) in [5.74, 6) is 2.44. The van der Waals surface area contributed by atoms with Gasteiger partial charge in [0.25, 0.3) is 0 Å². The van der Waals surface area contributed by atoms with Crippen LogP contribution in [0.2, 0.25) is 5.02 Å². The third-order valence-corrected chi connectivity index (χ3v) is 6.30. The molecule has 9 heteroatoms. The Hall–Kier alpha value is -2.91. The maximum atomic E-state index is 6.47. The van der Waals surface area contributed by atoms with Gasteiger partial charge in [0.15, 0.2) is 0 Å². The van der Waals surface area contributed by atoms with E-state index in [-0.39, 0.29) is 6.04 Å². The van der Waals surface area contributed by atoms with Crippen molar-refractivity contribution in [3.05, 3.63) is 64.3 Å². The Labute approximate surface area is 216 Å². The highest BCUT2D eigenvalue weighted by Crippen LogP contribution is 2.31. The smallest absolute Gasteiger partial charge is 0.141 e. The van der Waals surface area contributed by atoms with E-state index in [0.29, 0.717) is 43.7 Å². The number of imidazole rings is 1. The Morgan fingerprint density at radius 3 is 2.61 bits per heavy atom. The zero-order valence-electron chi connectivity index (χ0n) is 21.1. The molecule has 2 aromatic heterocycles. The molecule has 2 aromatic carbocycles. The first-order valence-electron chi connectivity index (χ1n) is 12.2. The van der Waals surface area contributed by atoms with Gasteiger partial charge in [0, 0.05) is 31.1 Å². The van der Waals surface area contributed by atoms with Crippen LogP contribution in [-0.2, 0) is 24.1 Å². The van der Waals surface area contributed by atoms with Gasteiger partial charge in [-0.05, 0) is 62.6 Å². The third-order valence-electron chi connectivity index (χ3n) is 6.00. The molecule has 0 amide bonds. The number of nitrogens with zero attached hydrogens (tertiary/aromatic N) is 3. The normalized spacial score (nSPS) is 12.4. The zero-order chi connectivity index (χ0) is 25.7. The molecule has 4 N–H and O–H groups in total. The van der Waals surface area contributed by atoms with Gasteiger partial charge < -0.3 is 30.0 Å². The maximum absolute atomic E-state index is 6.47. The lowest BCUT2D eigenvalue weighted by molar-refractivity contribution is 0.106. The number of fused-ring (bicyclic) bond motifs is 1. The van der Waals surface area contributed by atoms with Crippen molar-refractivity contribution < 1.29 is 14.0 Å². The lowest BCUT2D eigenvalue weighted by atomic mass is 10.0. The van der Waals surface area contributed by atoms with Crippen molar-refractivity contribution in [2.75, 3.05) is 26.4 Å². The van der Waals surface area contributed by atoms with Crippen LogP contribution in [0.25, 0.3) is 22.2 Å². The molecule has 8 nitrogen and oxygen atoms in total. The van der Waals surface area contributed by atoms with E-state index >= 15 is 0 Å². The molecule has 0 spiro atoms. The first kappa shape index (κ1) is 26.2. The molecule has 0 saturated carbocycles. The van der Waals surface area contributed by atoms with E-state index in [4.69, 9.17) is 42.0 Å². The van der Waals surface area contributed by atoms with Crippen LogP contribution in [0, 0.1) is 13.8 Å². The highest BCUT2D eigenvalue weighted by atomic mass is 35.5. The summed E-state index contributed by atoms with van der Waals surface area (Å²) in [4.78, 5) is 4.99. The second kappa shape index (κ2) is 11.9. The Bertz CT molecular complexity index is 1290. The van der Waals surface area contributed by atoms with E-state index in [2.05, 4.69) is 27.9 Å². The quantitative estimate of drug-likeness (QED) is 0.270. The van der Waals surface area contributed by atoms with Gasteiger partial charge >= 0.3 is 0 Å². The molecule has 0 saturated heterocycles. The van der Waals surface area contributed by atoms with Crippen molar-refractivity contribution in [2.45, 2.75) is 46.2 Å². The maximum Gasteiger partial charge on any atom is 0.141 e. The van der Waals surface area contributed by atoms with Crippen LogP contribution in [0.3, 0.4) is 0 Å². The van der Waals surface area contributed by atoms with Crippen molar-refractivity contribution in [1.29, 1.82) is 0 Å². The largest absolute Gasteiger partial charge is 0.490 e. The first-order chi connectivity index (χ1) is 17.4. The standard InChI is InChI=1S/C27H34ClN5O3/c1-17(30)16-33-24-7-6-21(27-18(2)32-36-19(27)3)15-23(24)31-26(33)9-5-20-4-8-25(22(28)14-20)35-13-12-34-11-10-29/h4,6-8,14-15,17H,5,9-13,16,29-30H2,1-3H3/t17-/m0/s1. The molecule has 4 aromatic rings. The monoisotopic (exact) mass is 511 g/mol. The molecule has 0 fully saturated rings. The molecule has 1 atom stereocenters. The molecule has 4 rings (SSSR count). The predicted octanol–water partition coefficient (Wildman–Crippen LogP) is 4.45. The van der Waals surface area contributed by atoms with Crippen LogP contribution < -0.4 is 16.2 Å². The molecule has 0 unspecified atom stereocenters. The van der Waals surface area contributed by atoms with Gasteiger partial charge in [0.05, 0.1) is 35.0 Å². The van der Waals surface area contributed by atoms with Crippen LogP contribution >= 0.6 is 11.6 Å². The van der Waals surface area contributed by atoms with Crippen LogP contribution in [0.15, 0.2) is 40.9 Å². The van der Waals surface area contributed by atoms with Crippen LogP contribution in [0.4, 0.5) is 0 Å². The average Bonchev–Trinajstić information content (AvgIpc) is 3.36. The number of hydrogen-bond donors (Lipinski definition) is 2. The Kier molecular flexibility index (Phi) is 8.64. The van der Waals surface area contributed by atoms with Crippen molar-refractivity contribution >= 4 is 22.6 Å². The van der Waals surface area contributed by atoms with Crippen molar-refractivity contribution in [1.82, 2.24) is 14.7 Å². The summed E-state index contributed by atoms with van der Waals surface area (Å²) in [6.07, 6.45) is 1.55. The molecule has 0 radical (unpaired) electrons. The van der Waals surface area contributed by atoms with Crippen LogP contribution in [-0.4, -0.2) is 47.1 Å². The SMILES string of the molecule is Cc1noc(C)c1-c1ccc2c(c1)nc(CCc1ccc(OCCOCCN)c(Cl)c1)n2C[C@H](C)N. The van der Waals surface area contributed by atoms with E-state index in [9.17, 15) is 0 Å². The number of halogens is 1. The fraction of sp³-hybridized carbons (Fsp3) is 0.407. The van der Waals surface area contributed by atoms with E-state index in [0.717, 1.165) is 57.8 Å². The molecule has 0 aliphatic rings. The average molecular weight is 512 g/mol. The first-order valence-corrected chi connectivity index (χ1v) is 12.6. The number of nitrogens with two attached hydrogens (primary N) is 2. The number of ether oxygens (including phenoxy) is 2. The molecular weight excluding hydrogens is 478 g/mol. The molecule has 0 bridgehead atoms. The summed E-state index contributed by atoms with van der Waals surface area (Å²) < 4.78 is 18.6. The highest BCUT2D eigenvalue weighted by Gasteiger charge is 2.16. The summed E-state index contributed by atoms with van der Waals surface area (Å²) in [6.45, 7) is 8.49. The van der Waals surface area contributed by atoms with E-state index in [1.54, 1.807) is 0 Å². The van der Waals surface area contributed by atoms with E-state index in [1.165, 1.54) is 0 Å². The van der Waals surface area contributed by atoms with Crippen molar-refractivity contribution in [3.63, 3.8) is 0 Å². The van der Waals surface area contributed by atoms with E-state index in [1.807, 2.05) is 39.0 Å². The summed E-state index contributed by atoms with van der Waals surface area (Å²) in [6, 6.07) is 12.2. The summed E-state index contributed by atoms with van der Waals surface area (Å²) in [7, 11) is 0. The summed E-state index contributed by atoms with van der Waals surface area (Å²) in [5.41, 5.74) is 17.7. The highest BCUT2D eigenvalue weighted by molar-refractivity contribution is 6.32. The molecule has 192 valence electrons. The van der Waals surface area contributed by atoms with Gasteiger partial charge in [-0.25, -0.2) is 4.98 Å². The zero-order valence-corrected chi connectivity index (χ0v) is 21.8. The van der Waals surface area contributed by atoms with Crippen LogP contribution in [0.1, 0.15) is 29.8 Å². The second-order valence-corrected chi connectivity index (χ2v) is 9.44. The van der Waals surface area contributed by atoms with Gasteiger partial charge in [0.2, 0.25) is 0 Å². The molecular formula is C27H34ClN5O3. The Morgan fingerprint density at radius 1 is 1.08 bits per heavy atom. The van der Waals surface area contributed by atoms with Crippen LogP contribution in [0.5, 0.6) is 5.75 Å². The lowest BCUT2D eigenvalue weighted by Gasteiger charge is -2.13. The topological polar surface area (TPSA) is 114 Å². The van der Waals surface area contributed by atoms with Gasteiger partial charge in [-0.1, -0.05) is 28.9 Å². The van der Waals surface area contributed by atoms with E-state index < -0.39 is 0 Å². The minimum atomic E-state index is 0.00287. The molecule has 2 heterocycles. The Balaban J connectivity index is 1.52. The summed E-state index contributed by atoms with van der Waals surface area (Å²) >= 11 is 6.47.